The van der Waals surface area contributed by atoms with Gasteiger partial charge in [-0.1, -0.05) is 12.1 Å². The van der Waals surface area contributed by atoms with Crippen LogP contribution in [-0.2, 0) is 16.1 Å². The highest BCUT2D eigenvalue weighted by Gasteiger charge is 2.05. The molecule has 3 aromatic rings. The van der Waals surface area contributed by atoms with E-state index in [-0.39, 0.29) is 6.61 Å². The standard InChI is InChI=1S/C20H20N2O3/c1-14-12-15(2)22(21-14)18-7-5-17(6-8-18)13-24-20(23)11-10-19-9-4-16(3)25-19/h4-12H,13H2,1-3H3/b11-10+. The molecule has 0 bridgehead atoms. The van der Waals surface area contributed by atoms with Gasteiger partial charge in [0.2, 0.25) is 0 Å². The number of carbonyl (C=O) groups is 1. The van der Waals surface area contributed by atoms with Gasteiger partial charge in [-0.2, -0.15) is 5.10 Å². The van der Waals surface area contributed by atoms with E-state index in [0.717, 1.165) is 28.4 Å². The van der Waals surface area contributed by atoms with E-state index in [4.69, 9.17) is 9.15 Å². The van der Waals surface area contributed by atoms with E-state index < -0.39 is 5.97 Å². The van der Waals surface area contributed by atoms with Gasteiger partial charge < -0.3 is 9.15 Å². The molecule has 2 heterocycles. The zero-order chi connectivity index (χ0) is 17.8. The fraction of sp³-hybridized carbons (Fsp3) is 0.200. The van der Waals surface area contributed by atoms with Crippen LogP contribution in [0, 0.1) is 20.8 Å². The predicted molar refractivity (Wildman–Crippen MR) is 95.3 cm³/mol. The maximum atomic E-state index is 11.8. The molecule has 128 valence electrons. The lowest BCUT2D eigenvalue weighted by Gasteiger charge is -2.06. The van der Waals surface area contributed by atoms with Crippen LogP contribution in [0.15, 0.2) is 53.0 Å². The van der Waals surface area contributed by atoms with Crippen molar-refractivity contribution >= 4 is 12.0 Å². The summed E-state index contributed by atoms with van der Waals surface area (Å²) in [6.45, 7) is 6.06. The Labute approximate surface area is 146 Å². The highest BCUT2D eigenvalue weighted by atomic mass is 16.5. The molecule has 0 amide bonds. The van der Waals surface area contributed by atoms with Gasteiger partial charge in [0, 0.05) is 11.8 Å². The summed E-state index contributed by atoms with van der Waals surface area (Å²) in [5.41, 5.74) is 3.96. The van der Waals surface area contributed by atoms with Gasteiger partial charge in [-0.05, 0) is 62.7 Å². The first-order valence-electron chi connectivity index (χ1n) is 8.05. The van der Waals surface area contributed by atoms with Crippen molar-refractivity contribution < 1.29 is 13.9 Å². The van der Waals surface area contributed by atoms with E-state index in [1.165, 1.54) is 6.08 Å². The van der Waals surface area contributed by atoms with E-state index in [2.05, 4.69) is 5.10 Å². The van der Waals surface area contributed by atoms with Crippen LogP contribution in [0.3, 0.4) is 0 Å². The van der Waals surface area contributed by atoms with Crippen LogP contribution in [0.2, 0.25) is 0 Å². The number of rotatable bonds is 5. The molecule has 0 aliphatic heterocycles. The summed E-state index contributed by atoms with van der Waals surface area (Å²) < 4.78 is 12.5. The Morgan fingerprint density at radius 3 is 2.52 bits per heavy atom. The van der Waals surface area contributed by atoms with Gasteiger partial charge >= 0.3 is 5.97 Å². The molecular weight excluding hydrogens is 316 g/mol. The average Bonchev–Trinajstić information content (AvgIpc) is 3.16. The molecule has 0 fully saturated rings. The van der Waals surface area contributed by atoms with Crippen LogP contribution < -0.4 is 0 Å². The smallest absolute Gasteiger partial charge is 0.331 e. The van der Waals surface area contributed by atoms with Crippen molar-refractivity contribution in [2.75, 3.05) is 0 Å². The first-order chi connectivity index (χ1) is 12.0. The second-order valence-electron chi connectivity index (χ2n) is 5.89. The summed E-state index contributed by atoms with van der Waals surface area (Å²) in [5.74, 6) is 1.02. The first-order valence-corrected chi connectivity index (χ1v) is 8.05. The first kappa shape index (κ1) is 16.8. The summed E-state index contributed by atoms with van der Waals surface area (Å²) in [7, 11) is 0. The van der Waals surface area contributed by atoms with E-state index in [0.29, 0.717) is 5.76 Å². The third kappa shape index (κ3) is 4.26. The highest BCUT2D eigenvalue weighted by Crippen LogP contribution is 2.14. The second-order valence-corrected chi connectivity index (χ2v) is 5.89. The molecule has 0 saturated carbocycles. The number of hydrogen-bond acceptors (Lipinski definition) is 4. The van der Waals surface area contributed by atoms with Crippen molar-refractivity contribution in [3.63, 3.8) is 0 Å². The lowest BCUT2D eigenvalue weighted by molar-refractivity contribution is -0.138. The molecule has 0 spiro atoms. The zero-order valence-electron chi connectivity index (χ0n) is 14.5. The number of aromatic nitrogens is 2. The summed E-state index contributed by atoms with van der Waals surface area (Å²) in [4.78, 5) is 11.8. The SMILES string of the molecule is Cc1cc(C)n(-c2ccc(COC(=O)/C=C/c3ccc(C)o3)cc2)n1. The largest absolute Gasteiger partial charge is 0.462 e. The lowest BCUT2D eigenvalue weighted by atomic mass is 10.2. The van der Waals surface area contributed by atoms with Gasteiger partial charge in [-0.25, -0.2) is 9.48 Å². The lowest BCUT2D eigenvalue weighted by Crippen LogP contribution is -2.02. The van der Waals surface area contributed by atoms with Gasteiger partial charge in [0.15, 0.2) is 0 Å². The molecule has 1 aromatic carbocycles. The molecule has 2 aromatic heterocycles. The molecule has 0 aliphatic carbocycles. The maximum absolute atomic E-state index is 11.8. The van der Waals surface area contributed by atoms with Crippen LogP contribution in [0.1, 0.15) is 28.5 Å². The highest BCUT2D eigenvalue weighted by molar-refractivity contribution is 5.86. The predicted octanol–water partition coefficient (Wildman–Crippen LogP) is 4.15. The molecule has 0 N–H and O–H groups in total. The molecule has 3 rings (SSSR count). The van der Waals surface area contributed by atoms with Gasteiger partial charge in [0.1, 0.15) is 18.1 Å². The minimum absolute atomic E-state index is 0.220. The van der Waals surface area contributed by atoms with Crippen molar-refractivity contribution in [3.8, 4) is 5.69 Å². The number of benzene rings is 1. The van der Waals surface area contributed by atoms with Crippen LogP contribution in [0.25, 0.3) is 11.8 Å². The van der Waals surface area contributed by atoms with Gasteiger partial charge in [0.05, 0.1) is 11.4 Å². The molecule has 5 nitrogen and oxygen atoms in total. The molecule has 0 radical (unpaired) electrons. The van der Waals surface area contributed by atoms with E-state index in [9.17, 15) is 4.79 Å². The summed E-state index contributed by atoms with van der Waals surface area (Å²) in [5, 5.41) is 4.45. The molecule has 0 aliphatic rings. The van der Waals surface area contributed by atoms with Crippen molar-refractivity contribution in [1.82, 2.24) is 9.78 Å². The average molecular weight is 336 g/mol. The summed E-state index contributed by atoms with van der Waals surface area (Å²) >= 11 is 0. The van der Waals surface area contributed by atoms with Gasteiger partial charge in [-0.15, -0.1) is 0 Å². The van der Waals surface area contributed by atoms with Gasteiger partial charge in [-0.3, -0.25) is 0 Å². The Hall–Kier alpha value is -3.08. The Morgan fingerprint density at radius 2 is 1.92 bits per heavy atom. The molecule has 0 saturated heterocycles. The Morgan fingerprint density at radius 1 is 1.16 bits per heavy atom. The summed E-state index contributed by atoms with van der Waals surface area (Å²) in [6.07, 6.45) is 2.96. The number of hydrogen-bond donors (Lipinski definition) is 0. The number of furan rings is 1. The van der Waals surface area contributed by atoms with Crippen LogP contribution >= 0.6 is 0 Å². The minimum Gasteiger partial charge on any atom is -0.462 e. The molecule has 0 atom stereocenters. The fourth-order valence-corrected chi connectivity index (χ4v) is 2.52. The van der Waals surface area contributed by atoms with E-state index in [1.54, 1.807) is 12.1 Å². The van der Waals surface area contributed by atoms with E-state index >= 15 is 0 Å². The van der Waals surface area contributed by atoms with Crippen molar-refractivity contribution in [1.29, 1.82) is 0 Å². The third-order valence-corrected chi connectivity index (χ3v) is 3.72. The molecule has 25 heavy (non-hydrogen) atoms. The van der Waals surface area contributed by atoms with E-state index in [1.807, 2.05) is 61.9 Å². The summed E-state index contributed by atoms with van der Waals surface area (Å²) in [6, 6.07) is 13.5. The Bertz CT molecular complexity index is 901. The van der Waals surface area contributed by atoms with Crippen LogP contribution in [0.4, 0.5) is 0 Å². The number of carbonyl (C=O) groups excluding carboxylic acids is 1. The number of aryl methyl sites for hydroxylation is 3. The monoisotopic (exact) mass is 336 g/mol. The van der Waals surface area contributed by atoms with Gasteiger partial charge in [0.25, 0.3) is 0 Å². The normalized spacial score (nSPS) is 11.2. The Balaban J connectivity index is 1.57. The zero-order valence-corrected chi connectivity index (χ0v) is 14.5. The van der Waals surface area contributed by atoms with Crippen LogP contribution in [-0.4, -0.2) is 15.7 Å². The van der Waals surface area contributed by atoms with Crippen LogP contribution in [0.5, 0.6) is 0 Å². The number of esters is 1. The fourth-order valence-electron chi connectivity index (χ4n) is 2.52. The second kappa shape index (κ2) is 7.21. The van der Waals surface area contributed by atoms with Crippen molar-refractivity contribution in [2.45, 2.75) is 27.4 Å². The third-order valence-electron chi connectivity index (χ3n) is 3.72. The number of nitrogens with zero attached hydrogens (tertiary/aromatic N) is 2. The number of ether oxygens (including phenoxy) is 1. The Kier molecular flexibility index (Phi) is 4.84. The minimum atomic E-state index is -0.406. The molecular formula is C20H20N2O3. The van der Waals surface area contributed by atoms with Crippen molar-refractivity contribution in [3.05, 3.63) is 77.0 Å². The molecule has 5 heteroatoms. The molecule has 0 unspecified atom stereocenters. The topological polar surface area (TPSA) is 57.3 Å². The van der Waals surface area contributed by atoms with Crippen molar-refractivity contribution in [2.24, 2.45) is 0 Å². The maximum Gasteiger partial charge on any atom is 0.331 e. The quantitative estimate of drug-likeness (QED) is 0.519.